The predicted octanol–water partition coefficient (Wildman–Crippen LogP) is 2.67. The first kappa shape index (κ1) is 21.8. The first-order chi connectivity index (χ1) is 15.0. The molecule has 32 heavy (non-hydrogen) atoms. The molecule has 1 aromatic heterocycles. The number of halogens is 3. The Kier molecular flexibility index (Phi) is 5.90. The van der Waals surface area contributed by atoms with Crippen LogP contribution in [0.15, 0.2) is 42.5 Å². The maximum absolute atomic E-state index is 13.8. The smallest absolute Gasteiger partial charge is 0.269 e. The number of hydrogen-bond acceptors (Lipinski definition) is 6. The summed E-state index contributed by atoms with van der Waals surface area (Å²) in [6, 6.07) is 10.0. The number of carbonyl (C=O) groups is 1. The summed E-state index contributed by atoms with van der Waals surface area (Å²) < 4.78 is 33.9. The number of benzene rings is 2. The number of rotatable bonds is 5. The summed E-state index contributed by atoms with van der Waals surface area (Å²) in [4.78, 5) is 14.4. The van der Waals surface area contributed by atoms with Gasteiger partial charge in [-0.2, -0.15) is 0 Å². The molecule has 4 N–H and O–H groups in total. The number of ether oxygens (including phenoxy) is 1. The second-order valence-corrected chi connectivity index (χ2v) is 7.43. The molecule has 168 valence electrons. The fourth-order valence-electron chi connectivity index (χ4n) is 3.78. The quantitative estimate of drug-likeness (QED) is 0.539. The van der Waals surface area contributed by atoms with E-state index >= 15 is 0 Å². The Morgan fingerprint density at radius 1 is 1.16 bits per heavy atom. The van der Waals surface area contributed by atoms with E-state index in [-0.39, 0.29) is 23.9 Å². The minimum absolute atomic E-state index is 0. The van der Waals surface area contributed by atoms with E-state index < -0.39 is 17.5 Å². The molecule has 0 spiro atoms. The van der Waals surface area contributed by atoms with Gasteiger partial charge in [-0.3, -0.25) is 4.79 Å². The van der Waals surface area contributed by atoms with E-state index in [1.54, 1.807) is 24.3 Å². The van der Waals surface area contributed by atoms with Crippen LogP contribution >= 0.6 is 12.4 Å². The molecule has 3 heterocycles. The monoisotopic (exact) mass is 462 g/mol. The molecule has 1 amide bonds. The second kappa shape index (κ2) is 8.64. The molecule has 5 rings (SSSR count). The first-order valence-corrected chi connectivity index (χ1v) is 9.88. The molecule has 2 aliphatic heterocycles. The molecule has 2 aromatic carbocycles. The van der Waals surface area contributed by atoms with Crippen molar-refractivity contribution in [2.75, 3.05) is 36.4 Å². The van der Waals surface area contributed by atoms with Crippen LogP contribution in [0, 0.1) is 11.6 Å². The molecule has 0 bridgehead atoms. The number of aromatic nitrogens is 2. The van der Waals surface area contributed by atoms with Crippen LogP contribution in [0.4, 0.5) is 20.3 Å². The Balaban J connectivity index is 0.00000245. The number of nitrogens with zero attached hydrogens (tertiary/aromatic N) is 3. The van der Waals surface area contributed by atoms with E-state index in [9.17, 15) is 13.6 Å². The molecule has 1 fully saturated rings. The van der Waals surface area contributed by atoms with Gasteiger partial charge in [0.25, 0.3) is 5.91 Å². The number of carbonyl (C=O) groups excluding carboxylic acids is 1. The van der Waals surface area contributed by atoms with Gasteiger partial charge in [0.2, 0.25) is 0 Å². The lowest BCUT2D eigenvalue weighted by Gasteiger charge is -2.40. The SMILES string of the molecule is Cl.NC(=O)c1c2c(nn1-c1ccc(Oc3ccc(F)cc3F)cc1)N(C1CNC1)CCN2. The predicted molar refractivity (Wildman–Crippen MR) is 118 cm³/mol. The molecule has 0 aliphatic carbocycles. The second-order valence-electron chi connectivity index (χ2n) is 7.43. The van der Waals surface area contributed by atoms with E-state index in [4.69, 9.17) is 10.5 Å². The van der Waals surface area contributed by atoms with Gasteiger partial charge < -0.3 is 26.0 Å². The lowest BCUT2D eigenvalue weighted by atomic mass is 10.1. The molecular formula is C21H21ClF2N6O2. The summed E-state index contributed by atoms with van der Waals surface area (Å²) in [6.45, 7) is 3.20. The number of nitrogens with two attached hydrogens (primary N) is 1. The van der Waals surface area contributed by atoms with E-state index in [0.717, 1.165) is 31.8 Å². The number of amides is 1. The van der Waals surface area contributed by atoms with Gasteiger partial charge in [0, 0.05) is 32.2 Å². The highest BCUT2D eigenvalue weighted by Gasteiger charge is 2.34. The van der Waals surface area contributed by atoms with Crippen LogP contribution in [0.3, 0.4) is 0 Å². The molecule has 8 nitrogen and oxygen atoms in total. The Morgan fingerprint density at radius 3 is 2.53 bits per heavy atom. The lowest BCUT2D eigenvalue weighted by molar-refractivity contribution is 0.0993. The maximum Gasteiger partial charge on any atom is 0.269 e. The van der Waals surface area contributed by atoms with Crippen molar-refractivity contribution in [2.24, 2.45) is 5.73 Å². The minimum Gasteiger partial charge on any atom is -0.454 e. The third-order valence-electron chi connectivity index (χ3n) is 5.43. The Hall–Kier alpha value is -3.37. The van der Waals surface area contributed by atoms with Gasteiger partial charge in [-0.15, -0.1) is 17.5 Å². The Morgan fingerprint density at radius 2 is 1.91 bits per heavy atom. The van der Waals surface area contributed by atoms with Crippen LogP contribution < -0.4 is 26.0 Å². The van der Waals surface area contributed by atoms with Crippen molar-refractivity contribution in [3.05, 3.63) is 59.8 Å². The third kappa shape index (κ3) is 3.82. The van der Waals surface area contributed by atoms with Gasteiger partial charge in [0.15, 0.2) is 23.1 Å². The summed E-state index contributed by atoms with van der Waals surface area (Å²) >= 11 is 0. The maximum atomic E-state index is 13.8. The van der Waals surface area contributed by atoms with Crippen LogP contribution in [0.2, 0.25) is 0 Å². The third-order valence-corrected chi connectivity index (χ3v) is 5.43. The molecule has 0 saturated carbocycles. The van der Waals surface area contributed by atoms with Crippen LogP contribution in [0.1, 0.15) is 10.5 Å². The zero-order chi connectivity index (χ0) is 21.5. The van der Waals surface area contributed by atoms with E-state index in [1.807, 2.05) is 0 Å². The minimum atomic E-state index is -0.795. The summed E-state index contributed by atoms with van der Waals surface area (Å²) in [5.41, 5.74) is 7.18. The normalized spacial score (nSPS) is 15.2. The van der Waals surface area contributed by atoms with E-state index in [0.29, 0.717) is 35.5 Å². The van der Waals surface area contributed by atoms with Crippen LogP contribution in [-0.2, 0) is 0 Å². The average molecular weight is 463 g/mol. The summed E-state index contributed by atoms with van der Waals surface area (Å²) in [6.07, 6.45) is 0. The largest absolute Gasteiger partial charge is 0.454 e. The van der Waals surface area contributed by atoms with Gasteiger partial charge in [-0.05, 0) is 36.4 Å². The molecular weight excluding hydrogens is 442 g/mol. The van der Waals surface area contributed by atoms with Crippen molar-refractivity contribution in [1.29, 1.82) is 0 Å². The zero-order valence-corrected chi connectivity index (χ0v) is 17.7. The number of hydrogen-bond donors (Lipinski definition) is 3. The molecule has 3 aromatic rings. The molecule has 0 radical (unpaired) electrons. The van der Waals surface area contributed by atoms with Crippen LogP contribution in [0.5, 0.6) is 11.5 Å². The summed E-state index contributed by atoms with van der Waals surface area (Å²) in [5.74, 6) is -1.11. The summed E-state index contributed by atoms with van der Waals surface area (Å²) in [5, 5.41) is 11.2. The fourth-order valence-corrected chi connectivity index (χ4v) is 3.78. The highest BCUT2D eigenvalue weighted by Crippen LogP contribution is 2.35. The fraction of sp³-hybridized carbons (Fsp3) is 0.238. The number of primary amides is 1. The van der Waals surface area contributed by atoms with Crippen molar-refractivity contribution >= 4 is 29.8 Å². The van der Waals surface area contributed by atoms with Crippen molar-refractivity contribution in [3.63, 3.8) is 0 Å². The van der Waals surface area contributed by atoms with Crippen LogP contribution in [0.25, 0.3) is 5.69 Å². The van der Waals surface area contributed by atoms with Gasteiger partial charge in [0.05, 0.1) is 11.7 Å². The van der Waals surface area contributed by atoms with Crippen molar-refractivity contribution in [3.8, 4) is 17.2 Å². The lowest BCUT2D eigenvalue weighted by Crippen LogP contribution is -2.59. The highest BCUT2D eigenvalue weighted by atomic mass is 35.5. The Labute approximate surface area is 188 Å². The van der Waals surface area contributed by atoms with E-state index in [1.165, 1.54) is 10.7 Å². The number of fused-ring (bicyclic) bond motifs is 1. The summed E-state index contributed by atoms with van der Waals surface area (Å²) in [7, 11) is 0. The van der Waals surface area contributed by atoms with Gasteiger partial charge >= 0.3 is 0 Å². The standard InChI is InChI=1S/C21H20F2N6O2.ClH/c22-12-1-6-17(16(23)9-12)31-15-4-2-13(3-5-15)29-19(20(24)30)18-21(27-29)28(8-7-26-18)14-10-25-11-14;/h1-6,9,14,25-26H,7-8,10-11H2,(H2,24,30);1H. The zero-order valence-electron chi connectivity index (χ0n) is 16.8. The molecule has 0 unspecified atom stereocenters. The van der Waals surface area contributed by atoms with Crippen molar-refractivity contribution in [1.82, 2.24) is 15.1 Å². The van der Waals surface area contributed by atoms with Gasteiger partial charge in [-0.1, -0.05) is 0 Å². The molecule has 0 atom stereocenters. The highest BCUT2D eigenvalue weighted by molar-refractivity contribution is 6.00. The van der Waals surface area contributed by atoms with Gasteiger partial charge in [0.1, 0.15) is 17.3 Å². The van der Waals surface area contributed by atoms with Crippen molar-refractivity contribution in [2.45, 2.75) is 6.04 Å². The average Bonchev–Trinajstić information content (AvgIpc) is 3.10. The number of anilines is 2. The van der Waals surface area contributed by atoms with Gasteiger partial charge in [-0.25, -0.2) is 13.5 Å². The topological polar surface area (TPSA) is 97.4 Å². The Bertz CT molecular complexity index is 1150. The molecule has 2 aliphatic rings. The number of nitrogens with one attached hydrogen (secondary N) is 2. The van der Waals surface area contributed by atoms with E-state index in [2.05, 4.69) is 20.6 Å². The molecule has 11 heteroatoms. The van der Waals surface area contributed by atoms with Crippen LogP contribution in [-0.4, -0.2) is 47.9 Å². The first-order valence-electron chi connectivity index (χ1n) is 9.88. The molecule has 1 saturated heterocycles. The van der Waals surface area contributed by atoms with Crippen molar-refractivity contribution < 1.29 is 18.3 Å².